The molecule has 1 aromatic carbocycles. The molecule has 2 N–H and O–H groups in total. The first-order chi connectivity index (χ1) is 9.81. The average molecular weight is 347 g/mol. The molecule has 0 bridgehead atoms. The highest BCUT2D eigenvalue weighted by atomic mass is 35.5. The number of nitrogens with zero attached hydrogens (tertiary/aromatic N) is 1. The summed E-state index contributed by atoms with van der Waals surface area (Å²) >= 11 is 11.7. The molecule has 0 amide bonds. The van der Waals surface area contributed by atoms with Crippen molar-refractivity contribution in [1.82, 2.24) is 4.98 Å². The molecule has 110 valence electrons. The minimum atomic E-state index is -4.05. The van der Waals surface area contributed by atoms with Gasteiger partial charge in [0.1, 0.15) is 10.6 Å². The molecule has 0 atom stereocenters. The Morgan fingerprint density at radius 1 is 1.19 bits per heavy atom. The van der Waals surface area contributed by atoms with Gasteiger partial charge in [-0.2, -0.15) is 0 Å². The molecule has 6 nitrogen and oxygen atoms in total. The van der Waals surface area contributed by atoms with Crippen LogP contribution in [0.5, 0.6) is 0 Å². The maximum absolute atomic E-state index is 12.3. The lowest BCUT2D eigenvalue weighted by Gasteiger charge is -2.11. The molecule has 0 spiro atoms. The van der Waals surface area contributed by atoms with Gasteiger partial charge < -0.3 is 5.11 Å². The van der Waals surface area contributed by atoms with Gasteiger partial charge in [0.25, 0.3) is 10.0 Å². The van der Waals surface area contributed by atoms with E-state index in [2.05, 4.69) is 9.71 Å². The smallest absolute Gasteiger partial charge is 0.354 e. The van der Waals surface area contributed by atoms with Crippen molar-refractivity contribution in [3.8, 4) is 0 Å². The van der Waals surface area contributed by atoms with Gasteiger partial charge in [-0.1, -0.05) is 29.3 Å². The van der Waals surface area contributed by atoms with E-state index in [4.69, 9.17) is 28.3 Å². The van der Waals surface area contributed by atoms with Crippen LogP contribution in [0.4, 0.5) is 5.69 Å². The second-order valence-electron chi connectivity index (χ2n) is 3.89. The molecule has 21 heavy (non-hydrogen) atoms. The molecule has 0 fully saturated rings. The van der Waals surface area contributed by atoms with Crippen LogP contribution in [0.1, 0.15) is 10.5 Å². The van der Waals surface area contributed by atoms with E-state index in [1.807, 2.05) is 0 Å². The van der Waals surface area contributed by atoms with E-state index in [1.54, 1.807) is 0 Å². The van der Waals surface area contributed by atoms with Crippen LogP contribution in [0, 0.1) is 0 Å². The summed E-state index contributed by atoms with van der Waals surface area (Å²) in [4.78, 5) is 14.1. The summed E-state index contributed by atoms with van der Waals surface area (Å²) in [5, 5.41) is 8.75. The molecule has 0 aliphatic carbocycles. The average Bonchev–Trinajstić information content (AvgIpc) is 2.37. The van der Waals surface area contributed by atoms with Crippen molar-refractivity contribution >= 4 is 44.9 Å². The molecule has 0 aliphatic rings. The third kappa shape index (κ3) is 3.44. The third-order valence-corrected chi connectivity index (χ3v) is 4.75. The number of carbonyl (C=O) groups is 1. The van der Waals surface area contributed by atoms with Crippen LogP contribution in [0.15, 0.2) is 41.4 Å². The van der Waals surface area contributed by atoms with Gasteiger partial charge in [-0.05, 0) is 24.3 Å². The number of carboxylic acid groups (broad SMARTS) is 1. The lowest BCUT2D eigenvalue weighted by Crippen LogP contribution is -2.14. The molecular formula is C12H8Cl2N2O4S. The highest BCUT2D eigenvalue weighted by Gasteiger charge is 2.22. The van der Waals surface area contributed by atoms with Gasteiger partial charge >= 0.3 is 5.97 Å². The van der Waals surface area contributed by atoms with Crippen molar-refractivity contribution in [3.63, 3.8) is 0 Å². The highest BCUT2D eigenvalue weighted by Crippen LogP contribution is 2.30. The molecule has 0 unspecified atom stereocenters. The lowest BCUT2D eigenvalue weighted by molar-refractivity contribution is 0.0690. The molecule has 0 saturated heterocycles. The monoisotopic (exact) mass is 346 g/mol. The quantitative estimate of drug-likeness (QED) is 0.887. The second-order valence-corrected chi connectivity index (χ2v) is 6.32. The fourth-order valence-corrected chi connectivity index (χ4v) is 3.75. The molecular weight excluding hydrogens is 339 g/mol. The molecule has 1 heterocycles. The van der Waals surface area contributed by atoms with Crippen molar-refractivity contribution < 1.29 is 18.3 Å². The summed E-state index contributed by atoms with van der Waals surface area (Å²) in [7, 11) is -4.05. The number of halogens is 2. The number of hydrogen-bond acceptors (Lipinski definition) is 4. The third-order valence-electron chi connectivity index (χ3n) is 2.42. The molecule has 2 aromatic rings. The number of aromatic nitrogens is 1. The van der Waals surface area contributed by atoms with Gasteiger partial charge in [-0.25, -0.2) is 18.2 Å². The SMILES string of the molecule is O=C(O)c1cc(NS(=O)(=O)c2c(Cl)cccc2Cl)ccn1. The Balaban J connectivity index is 2.43. The number of pyridine rings is 1. The van der Waals surface area contributed by atoms with E-state index in [1.165, 1.54) is 30.5 Å². The van der Waals surface area contributed by atoms with Gasteiger partial charge in [0, 0.05) is 6.20 Å². The Morgan fingerprint density at radius 3 is 2.38 bits per heavy atom. The van der Waals surface area contributed by atoms with E-state index in [-0.39, 0.29) is 26.3 Å². The molecule has 0 saturated carbocycles. The Morgan fingerprint density at radius 2 is 1.81 bits per heavy atom. The van der Waals surface area contributed by atoms with Crippen molar-refractivity contribution in [2.24, 2.45) is 0 Å². The van der Waals surface area contributed by atoms with Crippen molar-refractivity contribution in [3.05, 3.63) is 52.3 Å². The predicted octanol–water partition coefficient (Wildman–Crippen LogP) is 2.89. The molecule has 0 aliphatic heterocycles. The fourth-order valence-electron chi connectivity index (χ4n) is 1.56. The Kier molecular flexibility index (Phi) is 4.36. The number of benzene rings is 1. The van der Waals surface area contributed by atoms with Crippen LogP contribution >= 0.6 is 23.2 Å². The molecule has 0 radical (unpaired) electrons. The number of hydrogen-bond donors (Lipinski definition) is 2. The first kappa shape index (κ1) is 15.6. The summed E-state index contributed by atoms with van der Waals surface area (Å²) in [5.74, 6) is -1.27. The maximum Gasteiger partial charge on any atom is 0.354 e. The number of carboxylic acids is 1. The van der Waals surface area contributed by atoms with Gasteiger partial charge in [0.2, 0.25) is 0 Å². The van der Waals surface area contributed by atoms with E-state index in [9.17, 15) is 13.2 Å². The Bertz CT molecular complexity index is 788. The van der Waals surface area contributed by atoms with Crippen LogP contribution in [0.2, 0.25) is 10.0 Å². The molecule has 2 rings (SSSR count). The van der Waals surface area contributed by atoms with E-state index in [0.29, 0.717) is 0 Å². The normalized spacial score (nSPS) is 11.1. The van der Waals surface area contributed by atoms with E-state index < -0.39 is 16.0 Å². The standard InChI is InChI=1S/C12H8Cl2N2O4S/c13-8-2-1-3-9(14)11(8)21(19,20)16-7-4-5-15-10(6-7)12(17)18/h1-6H,(H,15,16)(H,17,18). The number of anilines is 1. The van der Waals surface area contributed by atoms with Crippen LogP contribution in [-0.4, -0.2) is 24.5 Å². The summed E-state index contributed by atoms with van der Waals surface area (Å²) < 4.78 is 26.8. The van der Waals surface area contributed by atoms with Crippen molar-refractivity contribution in [2.45, 2.75) is 4.90 Å². The topological polar surface area (TPSA) is 96.4 Å². The Labute approximate surface area is 130 Å². The van der Waals surface area contributed by atoms with Crippen molar-refractivity contribution in [2.75, 3.05) is 4.72 Å². The number of nitrogens with one attached hydrogen (secondary N) is 1. The Hall–Kier alpha value is -1.83. The van der Waals surface area contributed by atoms with Crippen molar-refractivity contribution in [1.29, 1.82) is 0 Å². The maximum atomic E-state index is 12.3. The first-order valence-corrected chi connectivity index (χ1v) is 7.71. The van der Waals surface area contributed by atoms with E-state index >= 15 is 0 Å². The largest absolute Gasteiger partial charge is 0.477 e. The number of rotatable bonds is 4. The molecule has 1 aromatic heterocycles. The minimum absolute atomic E-state index is 0.0393. The summed E-state index contributed by atoms with van der Waals surface area (Å²) in [5.41, 5.74) is -0.251. The summed E-state index contributed by atoms with van der Waals surface area (Å²) in [6, 6.07) is 6.69. The lowest BCUT2D eigenvalue weighted by atomic mass is 10.3. The zero-order valence-corrected chi connectivity index (χ0v) is 12.6. The molecule has 9 heteroatoms. The second kappa shape index (κ2) is 5.88. The summed E-state index contributed by atoms with van der Waals surface area (Å²) in [6.07, 6.45) is 1.18. The fraction of sp³-hybridized carbons (Fsp3) is 0. The van der Waals surface area contributed by atoms with Crippen LogP contribution < -0.4 is 4.72 Å². The van der Waals surface area contributed by atoms with Gasteiger partial charge in [0.15, 0.2) is 0 Å². The minimum Gasteiger partial charge on any atom is -0.477 e. The van der Waals surface area contributed by atoms with Gasteiger partial charge in [0.05, 0.1) is 15.7 Å². The zero-order valence-electron chi connectivity index (χ0n) is 10.2. The first-order valence-electron chi connectivity index (χ1n) is 5.47. The van der Waals surface area contributed by atoms with Crippen LogP contribution in [-0.2, 0) is 10.0 Å². The number of sulfonamides is 1. The predicted molar refractivity (Wildman–Crippen MR) is 78.5 cm³/mol. The number of aromatic carboxylic acids is 1. The van der Waals surface area contributed by atoms with Gasteiger partial charge in [-0.3, -0.25) is 4.72 Å². The van der Waals surface area contributed by atoms with Gasteiger partial charge in [-0.15, -0.1) is 0 Å². The summed E-state index contributed by atoms with van der Waals surface area (Å²) in [6.45, 7) is 0. The zero-order chi connectivity index (χ0) is 15.6. The van der Waals surface area contributed by atoms with Crippen LogP contribution in [0.3, 0.4) is 0 Å². The highest BCUT2D eigenvalue weighted by molar-refractivity contribution is 7.93. The van der Waals surface area contributed by atoms with Crippen LogP contribution in [0.25, 0.3) is 0 Å². The van der Waals surface area contributed by atoms with E-state index in [0.717, 1.165) is 6.07 Å².